The number of amides is 1. The van der Waals surface area contributed by atoms with Gasteiger partial charge in [-0.1, -0.05) is 36.4 Å². The maximum absolute atomic E-state index is 13.3. The first kappa shape index (κ1) is 20.7. The molecule has 0 unspecified atom stereocenters. The summed E-state index contributed by atoms with van der Waals surface area (Å²) in [4.78, 5) is 30.5. The lowest BCUT2D eigenvalue weighted by Gasteiger charge is -2.24. The van der Waals surface area contributed by atoms with Gasteiger partial charge in [0.1, 0.15) is 5.52 Å². The summed E-state index contributed by atoms with van der Waals surface area (Å²) in [5.74, 6) is -0.0399. The van der Waals surface area contributed by atoms with Crippen LogP contribution in [0.5, 0.6) is 0 Å². The van der Waals surface area contributed by atoms with E-state index in [1.54, 1.807) is 18.7 Å². The molecule has 0 radical (unpaired) electrons. The number of rotatable bonds is 8. The standard InChI is InChI=1S/C24H26N6O/c1-28(2)11-12-29(16-19-7-4-3-5-8-19)24(31)21-13-22-23(26-15-21)30(18-27-22)17-20-9-6-10-25-14-20/h3-10,13-15,18H,11-12,16-17H2,1-2H3. The summed E-state index contributed by atoms with van der Waals surface area (Å²) in [5, 5.41) is 0. The number of carbonyl (C=O) groups is 1. The van der Waals surface area contributed by atoms with Gasteiger partial charge in [-0.3, -0.25) is 9.78 Å². The van der Waals surface area contributed by atoms with Crippen molar-refractivity contribution in [2.24, 2.45) is 0 Å². The molecule has 1 aromatic carbocycles. The molecule has 0 aliphatic rings. The Morgan fingerprint density at radius 3 is 2.52 bits per heavy atom. The van der Waals surface area contributed by atoms with E-state index in [1.165, 1.54) is 0 Å². The molecule has 0 fully saturated rings. The second-order valence-corrected chi connectivity index (χ2v) is 7.82. The predicted octanol–water partition coefficient (Wildman–Crippen LogP) is 3.08. The summed E-state index contributed by atoms with van der Waals surface area (Å²) >= 11 is 0. The molecule has 158 valence electrons. The number of benzene rings is 1. The Morgan fingerprint density at radius 2 is 1.77 bits per heavy atom. The van der Waals surface area contributed by atoms with Gasteiger partial charge in [0.15, 0.2) is 5.65 Å². The maximum atomic E-state index is 13.3. The molecule has 0 saturated carbocycles. The maximum Gasteiger partial charge on any atom is 0.255 e. The molecule has 0 N–H and O–H groups in total. The minimum absolute atomic E-state index is 0.0399. The Labute approximate surface area is 182 Å². The number of pyridine rings is 2. The predicted molar refractivity (Wildman–Crippen MR) is 121 cm³/mol. The molecule has 0 aliphatic carbocycles. The van der Waals surface area contributed by atoms with Crippen LogP contribution in [0.1, 0.15) is 21.5 Å². The van der Waals surface area contributed by atoms with Crippen LogP contribution in [0.3, 0.4) is 0 Å². The highest BCUT2D eigenvalue weighted by Gasteiger charge is 2.18. The monoisotopic (exact) mass is 414 g/mol. The molecule has 0 aliphatic heterocycles. The van der Waals surface area contributed by atoms with Crippen molar-refractivity contribution in [3.8, 4) is 0 Å². The van der Waals surface area contributed by atoms with Gasteiger partial charge in [-0.05, 0) is 37.4 Å². The number of carbonyl (C=O) groups excluding carboxylic acids is 1. The second kappa shape index (κ2) is 9.49. The van der Waals surface area contributed by atoms with Crippen molar-refractivity contribution in [1.29, 1.82) is 0 Å². The fourth-order valence-corrected chi connectivity index (χ4v) is 3.43. The van der Waals surface area contributed by atoms with E-state index in [4.69, 9.17) is 0 Å². The number of hydrogen-bond donors (Lipinski definition) is 0. The second-order valence-electron chi connectivity index (χ2n) is 7.82. The van der Waals surface area contributed by atoms with Crippen molar-refractivity contribution in [2.45, 2.75) is 13.1 Å². The summed E-state index contributed by atoms with van der Waals surface area (Å²) in [5.41, 5.74) is 4.19. The van der Waals surface area contributed by atoms with Crippen molar-refractivity contribution in [1.82, 2.24) is 29.3 Å². The zero-order valence-electron chi connectivity index (χ0n) is 17.8. The number of fused-ring (bicyclic) bond motifs is 1. The molecule has 31 heavy (non-hydrogen) atoms. The van der Waals surface area contributed by atoms with Crippen LogP contribution >= 0.6 is 0 Å². The molecule has 0 atom stereocenters. The molecule has 0 spiro atoms. The average Bonchev–Trinajstić information content (AvgIpc) is 3.19. The van der Waals surface area contributed by atoms with Crippen molar-refractivity contribution in [2.75, 3.05) is 27.2 Å². The Morgan fingerprint density at radius 1 is 0.968 bits per heavy atom. The molecule has 3 heterocycles. The van der Waals surface area contributed by atoms with Crippen LogP contribution in [0.4, 0.5) is 0 Å². The molecule has 4 aromatic rings. The third kappa shape index (κ3) is 5.13. The lowest BCUT2D eigenvalue weighted by molar-refractivity contribution is 0.0731. The van der Waals surface area contributed by atoms with Gasteiger partial charge in [0, 0.05) is 38.2 Å². The van der Waals surface area contributed by atoms with E-state index in [1.807, 2.05) is 78.3 Å². The third-order valence-corrected chi connectivity index (χ3v) is 5.10. The Kier molecular flexibility index (Phi) is 6.33. The first-order chi connectivity index (χ1) is 15.1. The number of aromatic nitrogens is 4. The molecule has 7 nitrogen and oxygen atoms in total. The van der Waals surface area contributed by atoms with Gasteiger partial charge in [0.25, 0.3) is 5.91 Å². The first-order valence-electron chi connectivity index (χ1n) is 10.3. The van der Waals surface area contributed by atoms with Gasteiger partial charge in [0.05, 0.1) is 18.4 Å². The van der Waals surface area contributed by atoms with Crippen LogP contribution < -0.4 is 0 Å². The summed E-state index contributed by atoms with van der Waals surface area (Å²) < 4.78 is 1.97. The highest BCUT2D eigenvalue weighted by atomic mass is 16.2. The molecule has 1 amide bonds. The molecular weight excluding hydrogens is 388 g/mol. The number of likely N-dealkylation sites (N-methyl/N-ethyl adjacent to an activating group) is 1. The van der Waals surface area contributed by atoms with Gasteiger partial charge >= 0.3 is 0 Å². The normalized spacial score (nSPS) is 11.2. The van der Waals surface area contributed by atoms with E-state index in [0.29, 0.717) is 30.7 Å². The largest absolute Gasteiger partial charge is 0.333 e. The fourth-order valence-electron chi connectivity index (χ4n) is 3.43. The van der Waals surface area contributed by atoms with Gasteiger partial charge < -0.3 is 14.4 Å². The van der Waals surface area contributed by atoms with Crippen LogP contribution in [-0.2, 0) is 13.1 Å². The molecule has 4 rings (SSSR count). The molecule has 7 heteroatoms. The lowest BCUT2D eigenvalue weighted by Crippen LogP contribution is -2.36. The van der Waals surface area contributed by atoms with E-state index in [-0.39, 0.29) is 5.91 Å². The number of hydrogen-bond acceptors (Lipinski definition) is 5. The quantitative estimate of drug-likeness (QED) is 0.443. The van der Waals surface area contributed by atoms with E-state index < -0.39 is 0 Å². The molecule has 0 bridgehead atoms. The molecule has 0 saturated heterocycles. The SMILES string of the molecule is CN(C)CCN(Cc1ccccc1)C(=O)c1cnc2c(c1)ncn2Cc1cccnc1. The summed E-state index contributed by atoms with van der Waals surface area (Å²) in [6.07, 6.45) is 6.99. The van der Waals surface area contributed by atoms with Crippen LogP contribution in [0, 0.1) is 0 Å². The van der Waals surface area contributed by atoms with Gasteiger partial charge in [-0.2, -0.15) is 0 Å². The minimum Gasteiger partial charge on any atom is -0.333 e. The Balaban J connectivity index is 1.56. The van der Waals surface area contributed by atoms with E-state index in [0.717, 1.165) is 23.3 Å². The van der Waals surface area contributed by atoms with Crippen LogP contribution in [0.2, 0.25) is 0 Å². The fraction of sp³-hybridized carbons (Fsp3) is 0.250. The summed E-state index contributed by atoms with van der Waals surface area (Å²) in [6.45, 7) is 2.61. The zero-order chi connectivity index (χ0) is 21.6. The lowest BCUT2D eigenvalue weighted by atomic mass is 10.2. The van der Waals surface area contributed by atoms with Crippen LogP contribution in [-0.4, -0.2) is 62.4 Å². The van der Waals surface area contributed by atoms with Crippen molar-refractivity contribution in [3.05, 3.63) is 90.1 Å². The molecule has 3 aromatic heterocycles. The van der Waals surface area contributed by atoms with E-state index >= 15 is 0 Å². The van der Waals surface area contributed by atoms with Gasteiger partial charge in [0.2, 0.25) is 0 Å². The zero-order valence-corrected chi connectivity index (χ0v) is 17.8. The highest BCUT2D eigenvalue weighted by Crippen LogP contribution is 2.16. The van der Waals surface area contributed by atoms with Crippen molar-refractivity contribution >= 4 is 17.1 Å². The van der Waals surface area contributed by atoms with Crippen molar-refractivity contribution < 1.29 is 4.79 Å². The van der Waals surface area contributed by atoms with Gasteiger partial charge in [-0.25, -0.2) is 9.97 Å². The van der Waals surface area contributed by atoms with E-state index in [2.05, 4.69) is 19.9 Å². The average molecular weight is 415 g/mol. The van der Waals surface area contributed by atoms with Crippen LogP contribution in [0.15, 0.2) is 73.4 Å². The Bertz CT molecular complexity index is 1140. The van der Waals surface area contributed by atoms with Crippen molar-refractivity contribution in [3.63, 3.8) is 0 Å². The Hall–Kier alpha value is -3.58. The summed E-state index contributed by atoms with van der Waals surface area (Å²) in [7, 11) is 4.02. The van der Waals surface area contributed by atoms with Crippen LogP contribution in [0.25, 0.3) is 11.2 Å². The number of imidazole rings is 1. The summed E-state index contributed by atoms with van der Waals surface area (Å²) in [6, 6.07) is 15.8. The number of nitrogens with zero attached hydrogens (tertiary/aromatic N) is 6. The molecular formula is C24H26N6O. The smallest absolute Gasteiger partial charge is 0.255 e. The first-order valence-corrected chi connectivity index (χ1v) is 10.3. The highest BCUT2D eigenvalue weighted by molar-refractivity contribution is 5.96. The van der Waals surface area contributed by atoms with E-state index in [9.17, 15) is 4.79 Å². The topological polar surface area (TPSA) is 67.2 Å². The third-order valence-electron chi connectivity index (χ3n) is 5.10. The van der Waals surface area contributed by atoms with Gasteiger partial charge in [-0.15, -0.1) is 0 Å². The minimum atomic E-state index is -0.0399.